The first kappa shape index (κ1) is 11.4. The Balaban J connectivity index is 4.26. The van der Waals surface area contributed by atoms with Crippen LogP contribution in [0.25, 0.3) is 0 Å². The van der Waals surface area contributed by atoms with Gasteiger partial charge in [-0.25, -0.2) is 8.42 Å². The number of allylic oxidation sites excluding steroid dienone is 1. The second kappa shape index (κ2) is 4.40. The summed E-state index contributed by atoms with van der Waals surface area (Å²) in [6, 6.07) is 0. The van der Waals surface area contributed by atoms with Gasteiger partial charge in [-0.15, -0.1) is 0 Å². The van der Waals surface area contributed by atoms with Crippen LogP contribution < -0.4 is 0 Å². The maximum atomic E-state index is 11.1. The summed E-state index contributed by atoms with van der Waals surface area (Å²) in [5.74, 6) is -0.0368. The van der Waals surface area contributed by atoms with Crippen molar-refractivity contribution in [2.45, 2.75) is 32.4 Å². The van der Waals surface area contributed by atoms with Gasteiger partial charge in [0.1, 0.15) is 5.78 Å². The number of carbonyl (C=O) groups is 1. The maximum absolute atomic E-state index is 11.1. The molecule has 0 saturated heterocycles. The fraction of sp³-hybridized carbons (Fsp3) is 0.625. The third-order valence-corrected chi connectivity index (χ3v) is 3.23. The Kier molecular flexibility index (Phi) is 4.17. The third kappa shape index (κ3) is 4.28. The minimum absolute atomic E-state index is 0.0368. The van der Waals surface area contributed by atoms with Crippen molar-refractivity contribution in [2.24, 2.45) is 0 Å². The van der Waals surface area contributed by atoms with E-state index in [1.807, 2.05) is 0 Å². The van der Waals surface area contributed by atoms with Crippen LogP contribution in [0.5, 0.6) is 0 Å². The summed E-state index contributed by atoms with van der Waals surface area (Å²) in [4.78, 5) is 10.5. The van der Waals surface area contributed by atoms with Crippen LogP contribution in [0.3, 0.4) is 0 Å². The number of ketones is 1. The molecule has 0 radical (unpaired) electrons. The van der Waals surface area contributed by atoms with Gasteiger partial charge in [-0.1, -0.05) is 6.08 Å². The topological polar surface area (TPSA) is 51.2 Å². The van der Waals surface area contributed by atoms with E-state index in [1.165, 1.54) is 13.0 Å². The van der Waals surface area contributed by atoms with Gasteiger partial charge in [0.05, 0.1) is 5.25 Å². The van der Waals surface area contributed by atoms with E-state index in [9.17, 15) is 13.2 Å². The second-order valence-electron chi connectivity index (χ2n) is 2.92. The summed E-state index contributed by atoms with van der Waals surface area (Å²) in [5.41, 5.74) is 0. The van der Waals surface area contributed by atoms with Crippen molar-refractivity contribution in [3.8, 4) is 0 Å². The molecule has 0 saturated carbocycles. The fourth-order valence-corrected chi connectivity index (χ4v) is 1.18. The van der Waals surface area contributed by atoms with Crippen LogP contribution in [-0.4, -0.2) is 19.5 Å². The summed E-state index contributed by atoms with van der Waals surface area (Å²) < 4.78 is 22.2. The largest absolute Gasteiger partial charge is 0.300 e. The predicted molar refractivity (Wildman–Crippen MR) is 48.5 cm³/mol. The monoisotopic (exact) mass is 190 g/mol. The Bertz CT molecular complexity index is 273. The number of sulfone groups is 1. The molecule has 70 valence electrons. The molecule has 0 unspecified atom stereocenters. The van der Waals surface area contributed by atoms with Gasteiger partial charge in [0.15, 0.2) is 9.84 Å². The van der Waals surface area contributed by atoms with Gasteiger partial charge >= 0.3 is 0 Å². The number of hydrogen-bond donors (Lipinski definition) is 0. The van der Waals surface area contributed by atoms with E-state index in [2.05, 4.69) is 0 Å². The van der Waals surface area contributed by atoms with Crippen LogP contribution in [0.1, 0.15) is 27.2 Å². The van der Waals surface area contributed by atoms with Crippen LogP contribution in [0.2, 0.25) is 0 Å². The van der Waals surface area contributed by atoms with Crippen molar-refractivity contribution in [1.82, 2.24) is 0 Å². The van der Waals surface area contributed by atoms with Gasteiger partial charge in [0.2, 0.25) is 0 Å². The van der Waals surface area contributed by atoms with E-state index in [-0.39, 0.29) is 12.2 Å². The Hall–Kier alpha value is -0.640. The Labute approximate surface area is 73.4 Å². The Morgan fingerprint density at radius 2 is 1.92 bits per heavy atom. The molecule has 12 heavy (non-hydrogen) atoms. The zero-order valence-corrected chi connectivity index (χ0v) is 8.39. The standard InChI is InChI=1S/C8H14O3S/c1-7(2)12(10,11)6-4-5-8(3)9/h4,6-7H,5H2,1-3H3/b6-4+. The minimum Gasteiger partial charge on any atom is -0.300 e. The molecule has 0 heterocycles. The molecule has 0 aliphatic carbocycles. The summed E-state index contributed by atoms with van der Waals surface area (Å²) in [5, 5.41) is 0.694. The van der Waals surface area contributed by atoms with E-state index >= 15 is 0 Å². The van der Waals surface area contributed by atoms with Gasteiger partial charge in [0, 0.05) is 11.8 Å². The first-order chi connectivity index (χ1) is 5.36. The average Bonchev–Trinajstić information content (AvgIpc) is 1.85. The number of rotatable bonds is 4. The minimum atomic E-state index is -3.13. The molecule has 0 aliphatic heterocycles. The van der Waals surface area contributed by atoms with E-state index in [0.29, 0.717) is 0 Å². The Morgan fingerprint density at radius 1 is 1.42 bits per heavy atom. The number of carbonyl (C=O) groups excluding carboxylic acids is 1. The summed E-state index contributed by atoms with van der Waals surface area (Å²) in [6.07, 6.45) is 1.57. The molecule has 0 rings (SSSR count). The highest BCUT2D eigenvalue weighted by molar-refractivity contribution is 7.94. The molecule has 0 aromatic heterocycles. The van der Waals surface area contributed by atoms with Crippen molar-refractivity contribution >= 4 is 15.6 Å². The summed E-state index contributed by atoms with van der Waals surface area (Å²) in [7, 11) is -3.13. The van der Waals surface area contributed by atoms with Gasteiger partial charge in [-0.05, 0) is 20.8 Å². The highest BCUT2D eigenvalue weighted by Gasteiger charge is 2.10. The molecule has 0 atom stereocenters. The lowest BCUT2D eigenvalue weighted by Gasteiger charge is -1.99. The van der Waals surface area contributed by atoms with Crippen LogP contribution in [0, 0.1) is 0 Å². The molecule has 0 aromatic carbocycles. The van der Waals surface area contributed by atoms with Crippen molar-refractivity contribution in [2.75, 3.05) is 0 Å². The molecule has 0 N–H and O–H groups in total. The van der Waals surface area contributed by atoms with E-state index in [0.717, 1.165) is 5.41 Å². The molecule has 0 aromatic rings. The van der Waals surface area contributed by atoms with Crippen molar-refractivity contribution in [3.63, 3.8) is 0 Å². The lowest BCUT2D eigenvalue weighted by atomic mass is 10.3. The Morgan fingerprint density at radius 3 is 2.25 bits per heavy atom. The molecule has 0 aliphatic rings. The number of Topliss-reactive ketones (excluding diaryl/α,β-unsaturated/α-hetero) is 1. The normalized spacial score (nSPS) is 12.7. The average molecular weight is 190 g/mol. The smallest absolute Gasteiger partial charge is 0.173 e. The van der Waals surface area contributed by atoms with Crippen LogP contribution >= 0.6 is 0 Å². The third-order valence-electron chi connectivity index (χ3n) is 1.35. The summed E-state index contributed by atoms with van der Waals surface area (Å²) >= 11 is 0. The molecule has 3 nitrogen and oxygen atoms in total. The second-order valence-corrected chi connectivity index (χ2v) is 5.31. The van der Waals surface area contributed by atoms with Crippen molar-refractivity contribution in [3.05, 3.63) is 11.5 Å². The van der Waals surface area contributed by atoms with Crippen molar-refractivity contribution < 1.29 is 13.2 Å². The fourth-order valence-electron chi connectivity index (χ4n) is 0.505. The molecule has 4 heteroatoms. The zero-order chi connectivity index (χ0) is 9.78. The molecule has 0 bridgehead atoms. The van der Waals surface area contributed by atoms with Crippen LogP contribution in [0.4, 0.5) is 0 Å². The lowest BCUT2D eigenvalue weighted by molar-refractivity contribution is -0.116. The summed E-state index contributed by atoms with van der Waals surface area (Å²) in [6.45, 7) is 4.63. The highest BCUT2D eigenvalue weighted by Crippen LogP contribution is 2.02. The SMILES string of the molecule is CC(=O)C/C=C/S(=O)(=O)C(C)C. The van der Waals surface area contributed by atoms with E-state index in [1.54, 1.807) is 13.8 Å². The predicted octanol–water partition coefficient (Wildman–Crippen LogP) is 1.30. The quantitative estimate of drug-likeness (QED) is 0.671. The van der Waals surface area contributed by atoms with E-state index < -0.39 is 15.1 Å². The first-order valence-corrected chi connectivity index (χ1v) is 5.37. The molecule has 0 spiro atoms. The lowest BCUT2D eigenvalue weighted by Crippen LogP contribution is -2.09. The van der Waals surface area contributed by atoms with Crippen LogP contribution in [-0.2, 0) is 14.6 Å². The molecule has 0 fully saturated rings. The zero-order valence-electron chi connectivity index (χ0n) is 7.57. The van der Waals surface area contributed by atoms with Crippen LogP contribution in [0.15, 0.2) is 11.5 Å². The van der Waals surface area contributed by atoms with Crippen molar-refractivity contribution in [1.29, 1.82) is 0 Å². The van der Waals surface area contributed by atoms with Gasteiger partial charge in [-0.3, -0.25) is 4.79 Å². The van der Waals surface area contributed by atoms with Gasteiger partial charge < -0.3 is 0 Å². The molecular weight excluding hydrogens is 176 g/mol. The number of hydrogen-bond acceptors (Lipinski definition) is 3. The molecule has 0 amide bonds. The highest BCUT2D eigenvalue weighted by atomic mass is 32.2. The molecular formula is C8H14O3S. The van der Waals surface area contributed by atoms with Gasteiger partial charge in [-0.2, -0.15) is 0 Å². The van der Waals surface area contributed by atoms with Gasteiger partial charge in [0.25, 0.3) is 0 Å². The van der Waals surface area contributed by atoms with E-state index in [4.69, 9.17) is 0 Å². The maximum Gasteiger partial charge on any atom is 0.173 e. The first-order valence-electron chi connectivity index (χ1n) is 3.76.